The lowest BCUT2D eigenvalue weighted by molar-refractivity contribution is -0.146. The predicted molar refractivity (Wildman–Crippen MR) is 124 cm³/mol. The quantitative estimate of drug-likeness (QED) is 0.680. The van der Waals surface area contributed by atoms with Crippen LogP contribution in [-0.4, -0.2) is 43.2 Å². The number of aliphatic carboxylic acids is 1. The lowest BCUT2D eigenvalue weighted by Crippen LogP contribution is -2.46. The molecule has 1 heterocycles. The number of nitrogens with zero attached hydrogens (tertiary/aromatic N) is 2. The molecule has 0 spiro atoms. The van der Waals surface area contributed by atoms with E-state index in [9.17, 15) is 14.7 Å². The minimum atomic E-state index is -0.919. The van der Waals surface area contributed by atoms with Gasteiger partial charge in [0.15, 0.2) is 0 Å². The fraction of sp³-hybridized carbons (Fsp3) is 0.333. The molecule has 1 fully saturated rings. The number of piperazine rings is 1. The van der Waals surface area contributed by atoms with Crippen LogP contribution >= 0.6 is 11.6 Å². The highest BCUT2D eigenvalue weighted by atomic mass is 35.5. The lowest BCUT2D eigenvalue weighted by atomic mass is 9.82. The summed E-state index contributed by atoms with van der Waals surface area (Å²) in [4.78, 5) is 28.7. The van der Waals surface area contributed by atoms with Crippen molar-refractivity contribution >= 4 is 40.5 Å². The van der Waals surface area contributed by atoms with Gasteiger partial charge in [-0.25, -0.2) is 0 Å². The van der Waals surface area contributed by atoms with E-state index >= 15 is 0 Å². The summed E-state index contributed by atoms with van der Waals surface area (Å²) in [5, 5.41) is 13.0. The minimum Gasteiger partial charge on any atom is -0.481 e. The van der Waals surface area contributed by atoms with Gasteiger partial charge in [0, 0.05) is 48.3 Å². The number of carbonyl (C=O) groups excluding carboxylic acids is 1. The molecule has 6 nitrogen and oxygen atoms in total. The average molecular weight is 440 g/mol. The Balaban J connectivity index is 1.33. The van der Waals surface area contributed by atoms with Gasteiger partial charge in [-0.3, -0.25) is 9.59 Å². The van der Waals surface area contributed by atoms with E-state index in [0.29, 0.717) is 18.5 Å². The first-order chi connectivity index (χ1) is 15.0. The second kappa shape index (κ2) is 9.43. The number of allylic oxidation sites excluding steroid dienone is 2. The third-order valence-electron chi connectivity index (χ3n) is 6.06. The zero-order valence-electron chi connectivity index (χ0n) is 17.2. The Morgan fingerprint density at radius 3 is 1.81 bits per heavy atom. The topological polar surface area (TPSA) is 72.9 Å². The number of rotatable bonds is 5. The number of benzene rings is 2. The van der Waals surface area contributed by atoms with Gasteiger partial charge in [0.2, 0.25) is 5.91 Å². The number of carboxylic acids is 1. The fourth-order valence-electron chi connectivity index (χ4n) is 4.24. The maximum atomic E-state index is 12.6. The van der Waals surface area contributed by atoms with Crippen LogP contribution in [0.2, 0.25) is 5.02 Å². The number of carboxylic acid groups (broad SMARTS) is 1. The smallest absolute Gasteiger partial charge is 0.307 e. The van der Waals surface area contributed by atoms with E-state index in [-0.39, 0.29) is 5.91 Å². The van der Waals surface area contributed by atoms with Gasteiger partial charge < -0.3 is 20.2 Å². The second-order valence-electron chi connectivity index (χ2n) is 7.98. The molecule has 4 rings (SSSR count). The summed E-state index contributed by atoms with van der Waals surface area (Å²) >= 11 is 5.98. The van der Waals surface area contributed by atoms with Crippen LogP contribution in [0.15, 0.2) is 60.7 Å². The van der Waals surface area contributed by atoms with Crippen LogP contribution in [0.1, 0.15) is 12.8 Å². The molecule has 1 saturated heterocycles. The van der Waals surface area contributed by atoms with Crippen LogP contribution in [0.25, 0.3) is 0 Å². The SMILES string of the molecule is O=C(O)[C@H]1CC=CC[C@H]1C(=O)Nc1ccc(N2CCN(c3ccc(Cl)cc3)CC2)cc1. The van der Waals surface area contributed by atoms with Crippen LogP contribution in [0, 0.1) is 11.8 Å². The predicted octanol–water partition coefficient (Wildman–Crippen LogP) is 4.27. The Morgan fingerprint density at radius 2 is 1.29 bits per heavy atom. The zero-order valence-corrected chi connectivity index (χ0v) is 18.0. The third-order valence-corrected chi connectivity index (χ3v) is 6.31. The molecule has 2 aliphatic rings. The first-order valence-corrected chi connectivity index (χ1v) is 10.9. The average Bonchev–Trinajstić information content (AvgIpc) is 2.80. The number of carbonyl (C=O) groups is 2. The normalized spacial score (nSPS) is 21.1. The van der Waals surface area contributed by atoms with E-state index < -0.39 is 17.8 Å². The highest BCUT2D eigenvalue weighted by Crippen LogP contribution is 2.28. The van der Waals surface area contributed by atoms with Crippen molar-refractivity contribution in [2.24, 2.45) is 11.8 Å². The van der Waals surface area contributed by atoms with Gasteiger partial charge in [-0.1, -0.05) is 23.8 Å². The Labute approximate surface area is 187 Å². The number of amides is 1. The molecule has 7 heteroatoms. The van der Waals surface area contributed by atoms with Crippen LogP contribution in [-0.2, 0) is 9.59 Å². The minimum absolute atomic E-state index is 0.235. The monoisotopic (exact) mass is 439 g/mol. The molecule has 31 heavy (non-hydrogen) atoms. The highest BCUT2D eigenvalue weighted by Gasteiger charge is 2.34. The summed E-state index contributed by atoms with van der Waals surface area (Å²) in [5.74, 6) is -2.36. The molecule has 0 unspecified atom stereocenters. The van der Waals surface area contributed by atoms with E-state index in [1.807, 2.05) is 60.7 Å². The van der Waals surface area contributed by atoms with E-state index in [1.165, 1.54) is 5.69 Å². The molecule has 2 atom stereocenters. The Bertz CT molecular complexity index is 951. The standard InChI is InChI=1S/C24H26ClN3O3/c25-17-5-9-19(10-6-17)27-13-15-28(16-14-27)20-11-7-18(8-12-20)26-23(29)21-3-1-2-4-22(21)24(30)31/h1-2,5-12,21-22H,3-4,13-16H2,(H,26,29)(H,30,31)/t21-,22+/m1/s1. The molecule has 0 bridgehead atoms. The summed E-state index contributed by atoms with van der Waals surface area (Å²) in [6, 6.07) is 15.7. The van der Waals surface area contributed by atoms with Gasteiger partial charge >= 0.3 is 5.97 Å². The van der Waals surface area contributed by atoms with E-state index in [4.69, 9.17) is 11.6 Å². The molecule has 2 aromatic carbocycles. The van der Waals surface area contributed by atoms with E-state index in [2.05, 4.69) is 15.1 Å². The fourth-order valence-corrected chi connectivity index (χ4v) is 4.37. The van der Waals surface area contributed by atoms with Crippen LogP contribution in [0.4, 0.5) is 17.1 Å². The molecular formula is C24H26ClN3O3. The van der Waals surface area contributed by atoms with Crippen molar-refractivity contribution in [1.82, 2.24) is 0 Å². The molecule has 0 radical (unpaired) electrons. The van der Waals surface area contributed by atoms with Gasteiger partial charge in [0.25, 0.3) is 0 Å². The molecule has 1 aliphatic carbocycles. The highest BCUT2D eigenvalue weighted by molar-refractivity contribution is 6.30. The molecule has 1 amide bonds. The van der Waals surface area contributed by atoms with Gasteiger partial charge in [0.1, 0.15) is 0 Å². The van der Waals surface area contributed by atoms with Crippen molar-refractivity contribution in [3.05, 3.63) is 65.7 Å². The summed E-state index contributed by atoms with van der Waals surface area (Å²) in [5.41, 5.74) is 2.98. The molecule has 162 valence electrons. The summed E-state index contributed by atoms with van der Waals surface area (Å²) in [7, 11) is 0. The molecule has 2 aromatic rings. The second-order valence-corrected chi connectivity index (χ2v) is 8.42. The van der Waals surface area contributed by atoms with Crippen LogP contribution < -0.4 is 15.1 Å². The summed E-state index contributed by atoms with van der Waals surface area (Å²) < 4.78 is 0. The van der Waals surface area contributed by atoms with Crippen LogP contribution in [0.3, 0.4) is 0 Å². The van der Waals surface area contributed by atoms with Crippen LogP contribution in [0.5, 0.6) is 0 Å². The number of anilines is 3. The van der Waals surface area contributed by atoms with Crippen molar-refractivity contribution < 1.29 is 14.7 Å². The molecular weight excluding hydrogens is 414 g/mol. The Hall–Kier alpha value is -2.99. The van der Waals surface area contributed by atoms with Crippen molar-refractivity contribution in [1.29, 1.82) is 0 Å². The van der Waals surface area contributed by atoms with E-state index in [1.54, 1.807) is 0 Å². The third kappa shape index (κ3) is 5.02. The van der Waals surface area contributed by atoms with Gasteiger partial charge in [-0.2, -0.15) is 0 Å². The van der Waals surface area contributed by atoms with Crippen molar-refractivity contribution in [2.45, 2.75) is 12.8 Å². The van der Waals surface area contributed by atoms with E-state index in [0.717, 1.165) is 36.9 Å². The van der Waals surface area contributed by atoms with Crippen molar-refractivity contribution in [2.75, 3.05) is 41.3 Å². The summed E-state index contributed by atoms with van der Waals surface area (Å²) in [6.07, 6.45) is 4.58. The largest absolute Gasteiger partial charge is 0.481 e. The molecule has 1 aliphatic heterocycles. The van der Waals surface area contributed by atoms with Gasteiger partial charge in [-0.15, -0.1) is 0 Å². The molecule has 2 N–H and O–H groups in total. The maximum absolute atomic E-state index is 12.6. The lowest BCUT2D eigenvalue weighted by Gasteiger charge is -2.37. The number of hydrogen-bond acceptors (Lipinski definition) is 4. The zero-order chi connectivity index (χ0) is 21.8. The first kappa shape index (κ1) is 21.2. The Morgan fingerprint density at radius 1 is 0.806 bits per heavy atom. The summed E-state index contributed by atoms with van der Waals surface area (Å²) in [6.45, 7) is 3.66. The first-order valence-electron chi connectivity index (χ1n) is 10.6. The van der Waals surface area contributed by atoms with Gasteiger partial charge in [-0.05, 0) is 61.4 Å². The molecule has 0 aromatic heterocycles. The number of nitrogens with one attached hydrogen (secondary N) is 1. The number of hydrogen-bond donors (Lipinski definition) is 2. The maximum Gasteiger partial charge on any atom is 0.307 e. The Kier molecular flexibility index (Phi) is 6.47. The van der Waals surface area contributed by atoms with Gasteiger partial charge in [0.05, 0.1) is 11.8 Å². The number of halogens is 1. The van der Waals surface area contributed by atoms with Crippen molar-refractivity contribution in [3.63, 3.8) is 0 Å². The van der Waals surface area contributed by atoms with Crippen molar-refractivity contribution in [3.8, 4) is 0 Å². The molecule has 0 saturated carbocycles.